The largest absolute Gasteiger partial charge is 0.477 e. The number of hydrogen-bond donors (Lipinski definition) is 1. The fraction of sp³-hybridized carbons (Fsp3) is 0.636. The maximum Gasteiger partial charge on any atom is 0.218 e. The van der Waals surface area contributed by atoms with Gasteiger partial charge in [-0.15, -0.1) is 0 Å². The van der Waals surface area contributed by atoms with Crippen LogP contribution in [0.4, 0.5) is 5.82 Å². The van der Waals surface area contributed by atoms with E-state index in [1.807, 2.05) is 19.9 Å². The third-order valence-electron chi connectivity index (χ3n) is 1.92. The van der Waals surface area contributed by atoms with E-state index in [0.717, 1.165) is 18.8 Å². The van der Waals surface area contributed by atoms with Gasteiger partial charge in [-0.25, -0.2) is 4.98 Å². The molecule has 0 spiro atoms. The average Bonchev–Trinajstić information content (AvgIpc) is 2.24. The minimum Gasteiger partial charge on any atom is -0.477 e. The number of ether oxygens (including phenoxy) is 2. The first-order valence-electron chi connectivity index (χ1n) is 5.47. The molecule has 16 heavy (non-hydrogen) atoms. The van der Waals surface area contributed by atoms with E-state index >= 15 is 0 Å². The Morgan fingerprint density at radius 3 is 2.81 bits per heavy atom. The number of hydrogen-bond acceptors (Lipinski definition) is 5. The predicted molar refractivity (Wildman–Crippen MR) is 62.9 cm³/mol. The zero-order chi connectivity index (χ0) is 11.8. The Hall–Kier alpha value is -1.36. The van der Waals surface area contributed by atoms with Crippen LogP contribution in [-0.2, 0) is 4.74 Å². The third kappa shape index (κ3) is 4.44. The van der Waals surface area contributed by atoms with Crippen LogP contribution in [-0.4, -0.2) is 36.8 Å². The minimum absolute atomic E-state index is 0.607. The molecule has 0 saturated heterocycles. The van der Waals surface area contributed by atoms with E-state index in [1.165, 1.54) is 0 Å². The van der Waals surface area contributed by atoms with Gasteiger partial charge in [0.1, 0.15) is 11.6 Å². The number of nitrogens with zero attached hydrogens (tertiary/aromatic N) is 2. The second-order valence-electron chi connectivity index (χ2n) is 3.36. The standard InChI is InChI=1S/C11H19N3O2/c1-4-12-10-8-11(14-9(2)13-10)16-7-5-6-15-3/h8H,4-7H2,1-3H3,(H,12,13,14). The molecule has 1 heterocycles. The molecule has 0 radical (unpaired) electrons. The van der Waals surface area contributed by atoms with Gasteiger partial charge in [0.25, 0.3) is 0 Å². The molecule has 0 fully saturated rings. The summed E-state index contributed by atoms with van der Waals surface area (Å²) in [5, 5.41) is 3.13. The molecule has 0 aromatic carbocycles. The molecule has 0 aliphatic rings. The zero-order valence-electron chi connectivity index (χ0n) is 10.1. The summed E-state index contributed by atoms with van der Waals surface area (Å²) in [6.07, 6.45) is 0.857. The van der Waals surface area contributed by atoms with Gasteiger partial charge >= 0.3 is 0 Å². The predicted octanol–water partition coefficient (Wildman–Crippen LogP) is 1.63. The van der Waals surface area contributed by atoms with E-state index in [9.17, 15) is 0 Å². The van der Waals surface area contributed by atoms with E-state index in [2.05, 4.69) is 15.3 Å². The van der Waals surface area contributed by atoms with Crippen LogP contribution in [0.5, 0.6) is 5.88 Å². The normalized spacial score (nSPS) is 10.2. The Balaban J connectivity index is 2.51. The van der Waals surface area contributed by atoms with Crippen molar-refractivity contribution in [3.05, 3.63) is 11.9 Å². The van der Waals surface area contributed by atoms with E-state index < -0.39 is 0 Å². The van der Waals surface area contributed by atoms with Crippen molar-refractivity contribution in [1.29, 1.82) is 0 Å². The van der Waals surface area contributed by atoms with Gasteiger partial charge in [0.05, 0.1) is 6.61 Å². The highest BCUT2D eigenvalue weighted by atomic mass is 16.5. The Bertz CT molecular complexity index is 318. The van der Waals surface area contributed by atoms with Crippen LogP contribution in [0.3, 0.4) is 0 Å². The monoisotopic (exact) mass is 225 g/mol. The van der Waals surface area contributed by atoms with Gasteiger partial charge in [0.2, 0.25) is 5.88 Å². The van der Waals surface area contributed by atoms with Crippen LogP contribution in [0.2, 0.25) is 0 Å². The molecular weight excluding hydrogens is 206 g/mol. The number of methoxy groups -OCH3 is 1. The summed E-state index contributed by atoms with van der Waals surface area (Å²) in [7, 11) is 1.68. The summed E-state index contributed by atoms with van der Waals surface area (Å²) in [6.45, 7) is 6.01. The first-order chi connectivity index (χ1) is 7.76. The summed E-state index contributed by atoms with van der Waals surface area (Å²) in [5.74, 6) is 2.12. The topological polar surface area (TPSA) is 56.3 Å². The Labute approximate surface area is 96.2 Å². The lowest BCUT2D eigenvalue weighted by molar-refractivity contribution is 0.170. The highest BCUT2D eigenvalue weighted by Crippen LogP contribution is 2.13. The smallest absolute Gasteiger partial charge is 0.218 e. The van der Waals surface area contributed by atoms with Crippen LogP contribution >= 0.6 is 0 Å². The molecule has 0 saturated carbocycles. The second-order valence-corrected chi connectivity index (χ2v) is 3.36. The van der Waals surface area contributed by atoms with E-state index in [-0.39, 0.29) is 0 Å². The Kier molecular flexibility index (Phi) is 5.56. The molecule has 1 aromatic rings. The van der Waals surface area contributed by atoms with Gasteiger partial charge < -0.3 is 14.8 Å². The number of rotatable bonds is 7. The average molecular weight is 225 g/mol. The van der Waals surface area contributed by atoms with E-state index in [4.69, 9.17) is 9.47 Å². The molecule has 1 N–H and O–H groups in total. The SMILES string of the molecule is CCNc1cc(OCCCOC)nc(C)n1. The van der Waals surface area contributed by atoms with Gasteiger partial charge in [-0.3, -0.25) is 0 Å². The Morgan fingerprint density at radius 2 is 2.12 bits per heavy atom. The highest BCUT2D eigenvalue weighted by molar-refractivity contribution is 5.38. The van der Waals surface area contributed by atoms with Crippen molar-refractivity contribution in [1.82, 2.24) is 9.97 Å². The van der Waals surface area contributed by atoms with Crippen LogP contribution < -0.4 is 10.1 Å². The van der Waals surface area contributed by atoms with Crippen molar-refractivity contribution in [2.24, 2.45) is 0 Å². The fourth-order valence-electron chi connectivity index (χ4n) is 1.27. The third-order valence-corrected chi connectivity index (χ3v) is 1.92. The molecule has 0 amide bonds. The maximum atomic E-state index is 5.50. The van der Waals surface area contributed by atoms with Crippen molar-refractivity contribution in [2.75, 3.05) is 32.2 Å². The van der Waals surface area contributed by atoms with Crippen molar-refractivity contribution in [3.8, 4) is 5.88 Å². The van der Waals surface area contributed by atoms with E-state index in [0.29, 0.717) is 24.9 Å². The molecular formula is C11H19N3O2. The lowest BCUT2D eigenvalue weighted by atomic mass is 10.5. The van der Waals surface area contributed by atoms with Crippen molar-refractivity contribution >= 4 is 5.82 Å². The van der Waals surface area contributed by atoms with Gasteiger partial charge in [0, 0.05) is 32.7 Å². The quantitative estimate of drug-likeness (QED) is 0.715. The molecule has 90 valence electrons. The minimum atomic E-state index is 0.607. The summed E-state index contributed by atoms with van der Waals surface area (Å²) < 4.78 is 10.4. The molecule has 5 nitrogen and oxygen atoms in total. The van der Waals surface area contributed by atoms with E-state index in [1.54, 1.807) is 7.11 Å². The summed E-state index contributed by atoms with van der Waals surface area (Å²) >= 11 is 0. The summed E-state index contributed by atoms with van der Waals surface area (Å²) in [5.41, 5.74) is 0. The van der Waals surface area contributed by atoms with Gasteiger partial charge in [-0.2, -0.15) is 4.98 Å². The lowest BCUT2D eigenvalue weighted by Crippen LogP contribution is -2.06. The van der Waals surface area contributed by atoms with Crippen LogP contribution in [0.25, 0.3) is 0 Å². The fourth-order valence-corrected chi connectivity index (χ4v) is 1.27. The van der Waals surface area contributed by atoms with Crippen LogP contribution in [0, 0.1) is 6.92 Å². The van der Waals surface area contributed by atoms with Gasteiger partial charge in [-0.05, 0) is 13.8 Å². The zero-order valence-corrected chi connectivity index (χ0v) is 10.1. The lowest BCUT2D eigenvalue weighted by Gasteiger charge is -2.08. The molecule has 0 unspecified atom stereocenters. The molecule has 0 aliphatic carbocycles. The molecule has 0 atom stereocenters. The molecule has 5 heteroatoms. The summed E-state index contributed by atoms with van der Waals surface area (Å²) in [6, 6.07) is 1.81. The number of anilines is 1. The van der Waals surface area contributed by atoms with Crippen molar-refractivity contribution in [2.45, 2.75) is 20.3 Å². The molecule has 1 rings (SSSR count). The van der Waals surface area contributed by atoms with Crippen LogP contribution in [0.1, 0.15) is 19.2 Å². The number of aryl methyl sites for hydroxylation is 1. The first-order valence-corrected chi connectivity index (χ1v) is 5.47. The van der Waals surface area contributed by atoms with Crippen molar-refractivity contribution in [3.63, 3.8) is 0 Å². The van der Waals surface area contributed by atoms with Crippen LogP contribution in [0.15, 0.2) is 6.07 Å². The van der Waals surface area contributed by atoms with Gasteiger partial charge in [-0.1, -0.05) is 0 Å². The maximum absolute atomic E-state index is 5.50. The number of nitrogens with one attached hydrogen (secondary N) is 1. The van der Waals surface area contributed by atoms with Crippen molar-refractivity contribution < 1.29 is 9.47 Å². The molecule has 0 bridgehead atoms. The summed E-state index contributed by atoms with van der Waals surface area (Å²) in [4.78, 5) is 8.44. The second kappa shape index (κ2) is 7.00. The first kappa shape index (κ1) is 12.7. The molecule has 1 aromatic heterocycles. The number of aromatic nitrogens is 2. The Morgan fingerprint density at radius 1 is 1.31 bits per heavy atom. The highest BCUT2D eigenvalue weighted by Gasteiger charge is 2.01. The molecule has 0 aliphatic heterocycles. The van der Waals surface area contributed by atoms with Gasteiger partial charge in [0.15, 0.2) is 0 Å².